The zero-order valence-corrected chi connectivity index (χ0v) is 6.06. The number of rotatable bonds is 3. The Morgan fingerprint density at radius 1 is 1.27 bits per heavy atom. The molecule has 0 bridgehead atoms. The number of carbonyl (C=O) groups excluding carboxylic acids is 1. The van der Waals surface area contributed by atoms with Gasteiger partial charge in [0.2, 0.25) is 0 Å². The Hall–Kier alpha value is -0.970. The van der Waals surface area contributed by atoms with E-state index in [1.165, 1.54) is 0 Å². The Labute approximate surface area is 62.7 Å². The van der Waals surface area contributed by atoms with Crippen molar-refractivity contribution in [2.75, 3.05) is 0 Å². The van der Waals surface area contributed by atoms with Gasteiger partial charge in [-0.05, 0) is 0 Å². The highest BCUT2D eigenvalue weighted by atomic mass is 31.2. The van der Waals surface area contributed by atoms with E-state index in [1.807, 2.05) is 0 Å². The molecule has 0 rings (SSSR count). The van der Waals surface area contributed by atoms with Crippen LogP contribution in [0.4, 0.5) is 0 Å². The van der Waals surface area contributed by atoms with E-state index in [0.29, 0.717) is 12.2 Å². The van der Waals surface area contributed by atoms with Crippen LogP contribution >= 0.6 is 8.60 Å². The zero-order valence-electron chi connectivity index (χ0n) is 5.17. The molecular formula is C4H5O6P. The monoisotopic (exact) mass is 180 g/mol. The number of carboxylic acid groups (broad SMARTS) is 1. The van der Waals surface area contributed by atoms with Gasteiger partial charge >= 0.3 is 20.5 Å². The first-order valence-corrected chi connectivity index (χ1v) is 3.49. The highest BCUT2D eigenvalue weighted by Crippen LogP contribution is 2.24. The van der Waals surface area contributed by atoms with Crippen LogP contribution in [0, 0.1) is 0 Å². The Bertz CT molecular complexity index is 185. The minimum atomic E-state index is -2.76. The molecule has 0 aliphatic carbocycles. The molecule has 0 fully saturated rings. The van der Waals surface area contributed by atoms with Gasteiger partial charge in [0.1, 0.15) is 0 Å². The molecule has 7 heteroatoms. The van der Waals surface area contributed by atoms with Gasteiger partial charge in [-0.3, -0.25) is 0 Å². The predicted molar refractivity (Wildman–Crippen MR) is 34.2 cm³/mol. The summed E-state index contributed by atoms with van der Waals surface area (Å²) in [6.07, 6.45) is 1.10. The fourth-order valence-electron chi connectivity index (χ4n) is 0.250. The highest BCUT2D eigenvalue weighted by molar-refractivity contribution is 7.40. The Morgan fingerprint density at radius 3 is 2.18 bits per heavy atom. The number of carboxylic acids is 1. The van der Waals surface area contributed by atoms with E-state index in [1.54, 1.807) is 0 Å². The van der Waals surface area contributed by atoms with Crippen molar-refractivity contribution in [1.82, 2.24) is 0 Å². The van der Waals surface area contributed by atoms with Crippen molar-refractivity contribution < 1.29 is 29.0 Å². The first-order chi connectivity index (χ1) is 5.02. The van der Waals surface area contributed by atoms with E-state index in [4.69, 9.17) is 14.9 Å². The van der Waals surface area contributed by atoms with Crippen LogP contribution in [-0.2, 0) is 14.1 Å². The van der Waals surface area contributed by atoms with E-state index >= 15 is 0 Å². The summed E-state index contributed by atoms with van der Waals surface area (Å²) in [5, 5.41) is 7.98. The van der Waals surface area contributed by atoms with Gasteiger partial charge < -0.3 is 19.4 Å². The van der Waals surface area contributed by atoms with Crippen LogP contribution in [0.15, 0.2) is 12.2 Å². The normalized spacial score (nSPS) is 10.5. The number of aliphatic carboxylic acids is 1. The third-order valence-corrected chi connectivity index (χ3v) is 0.877. The number of carbonyl (C=O) groups is 2. The summed E-state index contributed by atoms with van der Waals surface area (Å²) in [4.78, 5) is 36.2. The number of hydrogen-bond acceptors (Lipinski definition) is 5. The van der Waals surface area contributed by atoms with Gasteiger partial charge in [-0.15, -0.1) is 0 Å². The molecule has 62 valence electrons. The van der Waals surface area contributed by atoms with Crippen molar-refractivity contribution in [2.45, 2.75) is 0 Å². The van der Waals surface area contributed by atoms with Crippen molar-refractivity contribution in [3.8, 4) is 0 Å². The minimum absolute atomic E-state index is 0.529. The van der Waals surface area contributed by atoms with Crippen molar-refractivity contribution >= 4 is 20.5 Å². The van der Waals surface area contributed by atoms with Gasteiger partial charge in [-0.25, -0.2) is 9.59 Å². The molecule has 0 unspecified atom stereocenters. The molecular weight excluding hydrogens is 175 g/mol. The fraction of sp³-hybridized carbons (Fsp3) is 0. The molecule has 0 aromatic carbocycles. The second-order valence-corrected chi connectivity index (χ2v) is 2.02. The molecule has 0 aliphatic rings. The van der Waals surface area contributed by atoms with Crippen LogP contribution in [-0.4, -0.2) is 26.8 Å². The first kappa shape index (κ1) is 10.0. The van der Waals surface area contributed by atoms with Crippen LogP contribution in [0.25, 0.3) is 0 Å². The lowest BCUT2D eigenvalue weighted by Gasteiger charge is -1.97. The van der Waals surface area contributed by atoms with Crippen LogP contribution in [0.3, 0.4) is 0 Å². The molecule has 0 aliphatic heterocycles. The van der Waals surface area contributed by atoms with Crippen molar-refractivity contribution in [1.29, 1.82) is 0 Å². The van der Waals surface area contributed by atoms with E-state index < -0.39 is 20.5 Å². The molecule has 0 aromatic heterocycles. The largest absolute Gasteiger partial charge is 0.478 e. The van der Waals surface area contributed by atoms with Crippen LogP contribution < -0.4 is 0 Å². The Morgan fingerprint density at radius 2 is 1.82 bits per heavy atom. The molecule has 0 spiro atoms. The van der Waals surface area contributed by atoms with Crippen LogP contribution in [0.2, 0.25) is 0 Å². The van der Waals surface area contributed by atoms with Crippen molar-refractivity contribution in [3.05, 3.63) is 12.2 Å². The lowest BCUT2D eigenvalue weighted by Crippen LogP contribution is -1.97. The maximum absolute atomic E-state index is 10.3. The van der Waals surface area contributed by atoms with Crippen LogP contribution in [0.5, 0.6) is 0 Å². The summed E-state index contributed by atoms with van der Waals surface area (Å²) < 4.78 is 3.79. The summed E-state index contributed by atoms with van der Waals surface area (Å²) in [5.41, 5.74) is 0. The van der Waals surface area contributed by atoms with Gasteiger partial charge in [0.25, 0.3) is 0 Å². The summed E-state index contributed by atoms with van der Waals surface area (Å²) >= 11 is 0. The smallest absolute Gasteiger partial charge is 0.394 e. The van der Waals surface area contributed by atoms with E-state index in [0.717, 1.165) is 0 Å². The molecule has 0 aromatic rings. The summed E-state index contributed by atoms with van der Waals surface area (Å²) in [6.45, 7) is 0. The highest BCUT2D eigenvalue weighted by Gasteiger charge is 2.05. The molecule has 0 radical (unpaired) electrons. The van der Waals surface area contributed by atoms with E-state index in [2.05, 4.69) is 4.52 Å². The number of hydrogen-bond donors (Lipinski definition) is 3. The molecule has 0 amide bonds. The maximum Gasteiger partial charge on any atom is 0.394 e. The average molecular weight is 180 g/mol. The second-order valence-electron chi connectivity index (χ2n) is 1.33. The first-order valence-electron chi connectivity index (χ1n) is 2.33. The lowest BCUT2D eigenvalue weighted by molar-refractivity contribution is -0.133. The van der Waals surface area contributed by atoms with Gasteiger partial charge in [0, 0.05) is 12.2 Å². The van der Waals surface area contributed by atoms with E-state index in [-0.39, 0.29) is 0 Å². The molecule has 6 nitrogen and oxygen atoms in total. The zero-order chi connectivity index (χ0) is 8.85. The van der Waals surface area contributed by atoms with Crippen LogP contribution in [0.1, 0.15) is 0 Å². The van der Waals surface area contributed by atoms with Gasteiger partial charge in [0.15, 0.2) is 0 Å². The minimum Gasteiger partial charge on any atom is -0.478 e. The lowest BCUT2D eigenvalue weighted by atomic mass is 10.5. The summed E-state index contributed by atoms with van der Waals surface area (Å²) in [5.74, 6) is -2.43. The van der Waals surface area contributed by atoms with Crippen molar-refractivity contribution in [2.24, 2.45) is 0 Å². The molecule has 3 N–H and O–H groups in total. The molecule has 0 atom stereocenters. The Kier molecular flexibility index (Phi) is 4.36. The molecule has 0 saturated heterocycles. The summed E-state index contributed by atoms with van der Waals surface area (Å²) in [6, 6.07) is 0. The molecule has 11 heavy (non-hydrogen) atoms. The SMILES string of the molecule is O=C(O)C=CC(=O)OP(O)O. The standard InChI is InChI=1S/C4H5O6P/c5-3(6)1-2-4(7)10-11(8)9/h1-2,8-9H,(H,5,6). The van der Waals surface area contributed by atoms with E-state index in [9.17, 15) is 9.59 Å². The third-order valence-electron chi connectivity index (χ3n) is 0.534. The topological polar surface area (TPSA) is 104 Å². The van der Waals surface area contributed by atoms with Crippen molar-refractivity contribution in [3.63, 3.8) is 0 Å². The maximum atomic E-state index is 10.3. The average Bonchev–Trinajstić information content (AvgIpc) is 1.82. The van der Waals surface area contributed by atoms with Gasteiger partial charge in [-0.1, -0.05) is 0 Å². The second kappa shape index (κ2) is 4.79. The predicted octanol–water partition coefficient (Wildman–Crippen LogP) is -0.618. The van der Waals surface area contributed by atoms with Gasteiger partial charge in [-0.2, -0.15) is 0 Å². The molecule has 0 heterocycles. The third kappa shape index (κ3) is 6.92. The quantitative estimate of drug-likeness (QED) is 0.395. The fourth-order valence-corrected chi connectivity index (χ4v) is 0.472. The summed E-state index contributed by atoms with van der Waals surface area (Å²) in [7, 11) is -2.76. The van der Waals surface area contributed by atoms with Gasteiger partial charge in [0.05, 0.1) is 0 Å². The Balaban J connectivity index is 3.78. The molecule has 0 saturated carbocycles.